The van der Waals surface area contributed by atoms with Crippen LogP contribution in [0, 0.1) is 0 Å². The predicted molar refractivity (Wildman–Crippen MR) is 91.8 cm³/mol. The normalized spacial score (nSPS) is 13.7. The van der Waals surface area contributed by atoms with Crippen LogP contribution in [0.25, 0.3) is 11.0 Å². The Morgan fingerprint density at radius 3 is 2.88 bits per heavy atom. The number of hydrogen-bond donors (Lipinski definition) is 0. The van der Waals surface area contributed by atoms with Gasteiger partial charge in [0.2, 0.25) is 5.78 Å². The highest BCUT2D eigenvalue weighted by Gasteiger charge is 2.22. The zero-order valence-corrected chi connectivity index (χ0v) is 13.9. The molecule has 5 heteroatoms. The molecule has 0 spiro atoms. The lowest BCUT2D eigenvalue weighted by atomic mass is 9.96. The minimum atomic E-state index is -0.418. The molecule has 2 aromatic heterocycles. The number of para-hydroxylation sites is 1. The fourth-order valence-electron chi connectivity index (χ4n) is 3.06. The van der Waals surface area contributed by atoms with Crippen LogP contribution in [0.3, 0.4) is 0 Å². The molecule has 0 fully saturated rings. The van der Waals surface area contributed by atoms with E-state index in [1.165, 1.54) is 11.3 Å². The maximum absolute atomic E-state index is 12.3. The lowest BCUT2D eigenvalue weighted by molar-refractivity contribution is 0.0467. The van der Waals surface area contributed by atoms with E-state index < -0.39 is 5.97 Å². The number of thiophene rings is 1. The molecule has 0 saturated heterocycles. The van der Waals surface area contributed by atoms with Crippen molar-refractivity contribution in [3.05, 3.63) is 57.5 Å². The van der Waals surface area contributed by atoms with E-state index in [9.17, 15) is 9.59 Å². The van der Waals surface area contributed by atoms with E-state index >= 15 is 0 Å². The molecule has 4 rings (SSSR count). The third-order valence-electron chi connectivity index (χ3n) is 4.32. The van der Waals surface area contributed by atoms with Crippen LogP contribution in [0.5, 0.6) is 0 Å². The largest absolute Gasteiger partial charge is 0.454 e. The second-order valence-corrected chi connectivity index (χ2v) is 6.87. The number of aryl methyl sites for hydroxylation is 1. The van der Waals surface area contributed by atoms with E-state index in [0.29, 0.717) is 11.1 Å². The number of carbonyl (C=O) groups is 2. The summed E-state index contributed by atoms with van der Waals surface area (Å²) >= 11 is 1.61. The zero-order chi connectivity index (χ0) is 16.5. The molecule has 24 heavy (non-hydrogen) atoms. The quantitative estimate of drug-likeness (QED) is 0.521. The number of hydrogen-bond acceptors (Lipinski definition) is 5. The monoisotopic (exact) mass is 340 g/mol. The second kappa shape index (κ2) is 6.24. The number of carbonyl (C=O) groups excluding carboxylic acids is 2. The highest BCUT2D eigenvalue weighted by molar-refractivity contribution is 7.10. The van der Waals surface area contributed by atoms with Gasteiger partial charge in [0.25, 0.3) is 0 Å². The average molecular weight is 340 g/mol. The number of furan rings is 1. The molecule has 0 unspecified atom stereocenters. The van der Waals surface area contributed by atoms with Crippen molar-refractivity contribution >= 4 is 34.1 Å². The molecule has 3 aromatic rings. The summed E-state index contributed by atoms with van der Waals surface area (Å²) in [7, 11) is 0. The summed E-state index contributed by atoms with van der Waals surface area (Å²) in [5.74, 6) is -0.529. The average Bonchev–Trinajstić information content (AvgIpc) is 3.23. The molecule has 122 valence electrons. The first-order chi connectivity index (χ1) is 11.7. The lowest BCUT2D eigenvalue weighted by Crippen LogP contribution is -2.15. The minimum Gasteiger partial charge on any atom is -0.454 e. The summed E-state index contributed by atoms with van der Waals surface area (Å²) in [6.07, 6.45) is 4.22. The maximum atomic E-state index is 12.3. The smallest absolute Gasteiger partial charge is 0.339 e. The van der Waals surface area contributed by atoms with E-state index in [4.69, 9.17) is 9.15 Å². The first-order valence-corrected chi connectivity index (χ1v) is 8.88. The minimum absolute atomic E-state index is 0.219. The fraction of sp³-hybridized carbons (Fsp3) is 0.263. The van der Waals surface area contributed by atoms with E-state index in [2.05, 4.69) is 0 Å². The summed E-state index contributed by atoms with van der Waals surface area (Å²) in [6, 6.07) is 9.08. The van der Waals surface area contributed by atoms with Gasteiger partial charge in [0.15, 0.2) is 12.4 Å². The van der Waals surface area contributed by atoms with Crippen LogP contribution in [-0.4, -0.2) is 18.4 Å². The Bertz CT molecular complexity index is 885. The van der Waals surface area contributed by atoms with Crippen LogP contribution in [0.1, 0.15) is 44.2 Å². The van der Waals surface area contributed by atoms with Crippen molar-refractivity contribution < 1.29 is 18.7 Å². The van der Waals surface area contributed by atoms with Gasteiger partial charge in [-0.1, -0.05) is 18.2 Å². The highest BCUT2D eigenvalue weighted by Crippen LogP contribution is 2.30. The number of esters is 1. The first kappa shape index (κ1) is 15.1. The molecule has 2 heterocycles. The molecule has 0 radical (unpaired) electrons. The summed E-state index contributed by atoms with van der Waals surface area (Å²) in [6.45, 7) is -0.302. The standard InChI is InChI=1S/C19H16O4S/c20-15(17-9-12-5-1-3-7-16(12)23-17)10-22-19(21)14-11-24-18-8-4-2-6-13(14)18/h1,3,5,7,9,11H,2,4,6,8,10H2. The van der Waals surface area contributed by atoms with E-state index in [-0.39, 0.29) is 18.2 Å². The Kier molecular flexibility index (Phi) is 3.94. The molecule has 0 aliphatic heterocycles. The predicted octanol–water partition coefficient (Wildman–Crippen LogP) is 4.41. The Labute approximate surface area is 143 Å². The van der Waals surface area contributed by atoms with Crippen molar-refractivity contribution in [2.45, 2.75) is 25.7 Å². The number of ketones is 1. The molecule has 1 aromatic carbocycles. The zero-order valence-electron chi connectivity index (χ0n) is 13.0. The lowest BCUT2D eigenvalue weighted by Gasteiger charge is -2.12. The number of Topliss-reactive ketones (excluding diaryl/α,β-unsaturated/α-hetero) is 1. The summed E-state index contributed by atoms with van der Waals surface area (Å²) in [5.41, 5.74) is 2.37. The van der Waals surface area contributed by atoms with Gasteiger partial charge >= 0.3 is 5.97 Å². The van der Waals surface area contributed by atoms with Crippen LogP contribution < -0.4 is 0 Å². The summed E-state index contributed by atoms with van der Waals surface area (Å²) in [5, 5.41) is 2.71. The molecule has 1 aliphatic carbocycles. The Balaban J connectivity index is 1.45. The van der Waals surface area contributed by atoms with Crippen LogP contribution in [-0.2, 0) is 17.6 Å². The van der Waals surface area contributed by atoms with Gasteiger partial charge in [0.05, 0.1) is 5.56 Å². The van der Waals surface area contributed by atoms with E-state index in [1.807, 2.05) is 23.6 Å². The third kappa shape index (κ3) is 2.76. The molecule has 4 nitrogen and oxygen atoms in total. The topological polar surface area (TPSA) is 56.5 Å². The van der Waals surface area contributed by atoms with Crippen LogP contribution in [0.2, 0.25) is 0 Å². The van der Waals surface area contributed by atoms with E-state index in [0.717, 1.165) is 30.2 Å². The molecule has 0 N–H and O–H groups in total. The number of ether oxygens (including phenoxy) is 1. The van der Waals surface area contributed by atoms with Crippen molar-refractivity contribution in [2.75, 3.05) is 6.61 Å². The summed E-state index contributed by atoms with van der Waals surface area (Å²) < 4.78 is 10.7. The highest BCUT2D eigenvalue weighted by atomic mass is 32.1. The van der Waals surface area contributed by atoms with Crippen molar-refractivity contribution in [1.29, 1.82) is 0 Å². The van der Waals surface area contributed by atoms with Gasteiger partial charge in [0.1, 0.15) is 5.58 Å². The molecular weight excluding hydrogens is 324 g/mol. The molecule has 1 aliphatic rings. The van der Waals surface area contributed by atoms with Gasteiger partial charge < -0.3 is 9.15 Å². The number of fused-ring (bicyclic) bond motifs is 2. The summed E-state index contributed by atoms with van der Waals surface area (Å²) in [4.78, 5) is 25.8. The number of rotatable bonds is 4. The van der Waals surface area contributed by atoms with Crippen LogP contribution in [0.4, 0.5) is 0 Å². The van der Waals surface area contributed by atoms with Crippen molar-refractivity contribution in [3.8, 4) is 0 Å². The molecule has 0 atom stereocenters. The SMILES string of the molecule is O=C(COC(=O)c1csc2c1CCCC2)c1cc2ccccc2o1. The van der Waals surface area contributed by atoms with Gasteiger partial charge in [-0.05, 0) is 43.4 Å². The molecule has 0 amide bonds. The molecule has 0 bridgehead atoms. The Morgan fingerprint density at radius 1 is 1.17 bits per heavy atom. The van der Waals surface area contributed by atoms with Crippen LogP contribution >= 0.6 is 11.3 Å². The third-order valence-corrected chi connectivity index (χ3v) is 5.40. The van der Waals surface area contributed by atoms with Crippen molar-refractivity contribution in [1.82, 2.24) is 0 Å². The molecule has 0 saturated carbocycles. The van der Waals surface area contributed by atoms with Crippen molar-refractivity contribution in [2.24, 2.45) is 0 Å². The van der Waals surface area contributed by atoms with Gasteiger partial charge in [-0.15, -0.1) is 11.3 Å². The maximum Gasteiger partial charge on any atom is 0.339 e. The van der Waals surface area contributed by atoms with Gasteiger partial charge in [-0.3, -0.25) is 4.79 Å². The second-order valence-electron chi connectivity index (χ2n) is 5.91. The molecular formula is C19H16O4S. The Hall–Kier alpha value is -2.40. The van der Waals surface area contributed by atoms with Crippen molar-refractivity contribution in [3.63, 3.8) is 0 Å². The van der Waals surface area contributed by atoms with Crippen LogP contribution in [0.15, 0.2) is 40.1 Å². The van der Waals surface area contributed by atoms with Gasteiger partial charge in [-0.25, -0.2) is 4.79 Å². The number of benzene rings is 1. The van der Waals surface area contributed by atoms with Gasteiger partial charge in [0, 0.05) is 15.6 Å². The Morgan fingerprint density at radius 2 is 2.00 bits per heavy atom. The van der Waals surface area contributed by atoms with E-state index in [1.54, 1.807) is 23.5 Å². The van der Waals surface area contributed by atoms with Gasteiger partial charge in [-0.2, -0.15) is 0 Å². The fourth-order valence-corrected chi connectivity index (χ4v) is 4.18. The first-order valence-electron chi connectivity index (χ1n) is 8.00.